The van der Waals surface area contributed by atoms with E-state index in [2.05, 4.69) is 33.0 Å². The number of aliphatic hydroxyl groups is 2. The lowest BCUT2D eigenvalue weighted by molar-refractivity contribution is -0.162. The number of rotatable bonds is 12. The van der Waals surface area contributed by atoms with Crippen LogP contribution in [0.5, 0.6) is 0 Å². The number of thiol groups is 1. The van der Waals surface area contributed by atoms with Crippen molar-refractivity contribution < 1.29 is 38.3 Å². The number of fused-ring (bicyclic) bond motifs is 1. The number of urea groups is 1. The van der Waals surface area contributed by atoms with E-state index < -0.39 is 48.6 Å². The van der Waals surface area contributed by atoms with Crippen LogP contribution in [0.2, 0.25) is 0 Å². The van der Waals surface area contributed by atoms with Crippen molar-refractivity contribution in [2.75, 3.05) is 18.9 Å². The molecule has 5 N–H and O–H groups in total. The zero-order valence-corrected chi connectivity index (χ0v) is 19.7. The van der Waals surface area contributed by atoms with E-state index in [-0.39, 0.29) is 29.8 Å². The summed E-state index contributed by atoms with van der Waals surface area (Å²) in [5.41, 5.74) is -1.09. The van der Waals surface area contributed by atoms with Crippen LogP contribution in [0.4, 0.5) is 4.79 Å². The van der Waals surface area contributed by atoms with Gasteiger partial charge in [-0.3, -0.25) is 9.59 Å². The molecule has 5 atom stereocenters. The van der Waals surface area contributed by atoms with Crippen LogP contribution in [0.15, 0.2) is 0 Å². The summed E-state index contributed by atoms with van der Waals surface area (Å²) in [6.45, 7) is 2.16. The number of hydrogen-bond acceptors (Lipinski definition) is 10. The molecular weight excluding hydrogens is 462 g/mol. The highest BCUT2D eigenvalue weighted by atomic mass is 32.2. The first kappa shape index (κ1) is 26.6. The third-order valence-corrected chi connectivity index (χ3v) is 7.23. The predicted octanol–water partition coefficient (Wildman–Crippen LogP) is -0.492. The van der Waals surface area contributed by atoms with Crippen LogP contribution in [-0.4, -0.2) is 82.5 Å². The first-order valence-electron chi connectivity index (χ1n) is 10.4. The summed E-state index contributed by atoms with van der Waals surface area (Å²) in [6, 6.07) is 0.103. The number of carbonyl (C=O) groups is 4. The van der Waals surface area contributed by atoms with Crippen molar-refractivity contribution in [1.82, 2.24) is 16.0 Å². The van der Waals surface area contributed by atoms with Gasteiger partial charge in [0.25, 0.3) is 0 Å². The average molecular weight is 494 g/mol. The molecule has 2 aliphatic rings. The number of unbranched alkanes of at least 4 members (excludes halogenated alkanes) is 1. The predicted molar refractivity (Wildman–Crippen MR) is 119 cm³/mol. The normalized spacial score (nSPS) is 24.0. The van der Waals surface area contributed by atoms with Crippen LogP contribution in [0.1, 0.15) is 39.5 Å². The lowest BCUT2D eigenvalue weighted by atomic mass is 9.87. The smallest absolute Gasteiger partial charge is 0.361 e. The van der Waals surface area contributed by atoms with Gasteiger partial charge in [-0.15, -0.1) is 0 Å². The summed E-state index contributed by atoms with van der Waals surface area (Å²) >= 11 is 5.21. The monoisotopic (exact) mass is 493 g/mol. The van der Waals surface area contributed by atoms with Crippen LogP contribution in [-0.2, 0) is 23.3 Å². The molecule has 0 saturated carbocycles. The summed E-state index contributed by atoms with van der Waals surface area (Å²) in [5.74, 6) is -1.56. The second kappa shape index (κ2) is 12.0. The molecule has 2 heterocycles. The SMILES string of the molecule is CC(C)(CO)[C@@H](O)C(=O)NCC(OC(=O)CCCC[C@H]1SC[C@H]2NC(=O)N[C@H]21)C(=O)OS. The molecule has 32 heavy (non-hydrogen) atoms. The maximum atomic E-state index is 12.2. The minimum atomic E-state index is -1.52. The molecule has 0 aromatic heterocycles. The van der Waals surface area contributed by atoms with Crippen molar-refractivity contribution in [2.24, 2.45) is 5.41 Å². The molecule has 11 nitrogen and oxygen atoms in total. The fraction of sp³-hybridized carbons (Fsp3) is 0.789. The third-order valence-electron chi connectivity index (χ3n) is 5.54. The van der Waals surface area contributed by atoms with Crippen molar-refractivity contribution in [3.05, 3.63) is 0 Å². The Balaban J connectivity index is 1.73. The topological polar surface area (TPSA) is 163 Å². The van der Waals surface area contributed by atoms with Crippen molar-refractivity contribution in [1.29, 1.82) is 0 Å². The van der Waals surface area contributed by atoms with Crippen LogP contribution in [0.25, 0.3) is 0 Å². The second-order valence-corrected chi connectivity index (χ2v) is 10.0. The minimum Gasteiger partial charge on any atom is -0.448 e. The summed E-state index contributed by atoms with van der Waals surface area (Å²) in [7, 11) is 0. The summed E-state index contributed by atoms with van der Waals surface area (Å²) < 4.78 is 9.44. The van der Waals surface area contributed by atoms with Gasteiger partial charge in [-0.25, -0.2) is 9.59 Å². The molecule has 2 rings (SSSR count). The van der Waals surface area contributed by atoms with Crippen molar-refractivity contribution in [2.45, 2.75) is 69.1 Å². The van der Waals surface area contributed by atoms with Gasteiger partial charge in [0, 0.05) is 35.7 Å². The van der Waals surface area contributed by atoms with Gasteiger partial charge < -0.3 is 35.1 Å². The number of thioether (sulfide) groups is 1. The average Bonchev–Trinajstić information content (AvgIpc) is 3.31. The van der Waals surface area contributed by atoms with Gasteiger partial charge >= 0.3 is 18.0 Å². The Hall–Kier alpha value is -1.70. The Morgan fingerprint density at radius 1 is 1.31 bits per heavy atom. The fourth-order valence-corrected chi connectivity index (χ4v) is 5.10. The molecule has 2 aliphatic heterocycles. The Morgan fingerprint density at radius 2 is 2.03 bits per heavy atom. The molecule has 0 radical (unpaired) electrons. The highest BCUT2D eigenvalue weighted by Gasteiger charge is 2.42. The summed E-state index contributed by atoms with van der Waals surface area (Å²) in [6.07, 6.45) is -0.763. The van der Waals surface area contributed by atoms with Gasteiger partial charge in [-0.05, 0) is 12.8 Å². The molecule has 0 aromatic carbocycles. The Bertz CT molecular complexity index is 708. The maximum absolute atomic E-state index is 12.2. The third kappa shape index (κ3) is 7.15. The number of ether oxygens (including phenoxy) is 1. The molecular formula is C19H31N3O8S2. The molecule has 182 valence electrons. The van der Waals surface area contributed by atoms with Gasteiger partial charge in [0.1, 0.15) is 6.10 Å². The van der Waals surface area contributed by atoms with E-state index in [1.54, 1.807) is 11.8 Å². The Kier molecular flexibility index (Phi) is 9.92. The standard InChI is InChI=1S/C19H31N3O8S2/c1-19(2,9-23)15(25)16(26)20-7-11(17(27)30-31)29-13(24)6-4-3-5-12-14-10(8-32-12)21-18(28)22-14/h10-12,14-15,23,25,31H,3-9H2,1-2H3,(H,20,26)(H2,21,22,28)/t10-,11?,12-,14-,15+/m1/s1. The first-order valence-corrected chi connectivity index (χ1v) is 11.8. The molecule has 0 aromatic rings. The number of esters is 1. The van der Waals surface area contributed by atoms with E-state index in [1.165, 1.54) is 13.8 Å². The van der Waals surface area contributed by atoms with Crippen LogP contribution < -0.4 is 16.0 Å². The molecule has 0 spiro atoms. The molecule has 2 fully saturated rings. The first-order chi connectivity index (χ1) is 15.1. The van der Waals surface area contributed by atoms with Crippen molar-refractivity contribution >= 4 is 48.5 Å². The van der Waals surface area contributed by atoms with Gasteiger partial charge in [0.05, 0.1) is 25.2 Å². The van der Waals surface area contributed by atoms with E-state index in [1.807, 2.05) is 0 Å². The van der Waals surface area contributed by atoms with Gasteiger partial charge in [0.15, 0.2) is 0 Å². The highest BCUT2D eigenvalue weighted by molar-refractivity contribution is 8.00. The Labute approximate surface area is 196 Å². The molecule has 0 aliphatic carbocycles. The van der Waals surface area contributed by atoms with Crippen LogP contribution >= 0.6 is 24.7 Å². The molecule has 1 unspecified atom stereocenters. The van der Waals surface area contributed by atoms with E-state index >= 15 is 0 Å². The number of carbonyl (C=O) groups excluding carboxylic acids is 4. The van der Waals surface area contributed by atoms with E-state index in [9.17, 15) is 29.4 Å². The minimum absolute atomic E-state index is 0.0700. The number of amides is 3. The molecule has 3 amide bonds. The van der Waals surface area contributed by atoms with E-state index in [4.69, 9.17) is 4.74 Å². The zero-order chi connectivity index (χ0) is 23.9. The van der Waals surface area contributed by atoms with Gasteiger partial charge in [-0.2, -0.15) is 11.8 Å². The second-order valence-electron chi connectivity index (χ2n) is 8.55. The largest absolute Gasteiger partial charge is 0.448 e. The molecule has 0 bridgehead atoms. The summed E-state index contributed by atoms with van der Waals surface area (Å²) in [4.78, 5) is 47.5. The van der Waals surface area contributed by atoms with E-state index in [0.717, 1.165) is 18.6 Å². The Morgan fingerprint density at radius 3 is 2.69 bits per heavy atom. The van der Waals surface area contributed by atoms with E-state index in [0.29, 0.717) is 6.42 Å². The fourth-order valence-electron chi connectivity index (χ4n) is 3.44. The van der Waals surface area contributed by atoms with Gasteiger partial charge in [0.2, 0.25) is 12.0 Å². The van der Waals surface area contributed by atoms with Crippen molar-refractivity contribution in [3.8, 4) is 0 Å². The number of aliphatic hydroxyl groups excluding tert-OH is 2. The van der Waals surface area contributed by atoms with Crippen LogP contribution in [0.3, 0.4) is 0 Å². The number of nitrogens with one attached hydrogen (secondary N) is 3. The quantitative estimate of drug-likeness (QED) is 0.0692. The van der Waals surface area contributed by atoms with Gasteiger partial charge in [-0.1, -0.05) is 20.3 Å². The number of hydrogen-bond donors (Lipinski definition) is 6. The lowest BCUT2D eigenvalue weighted by Crippen LogP contribution is -2.49. The molecule has 2 saturated heterocycles. The lowest BCUT2D eigenvalue weighted by Gasteiger charge is -2.27. The van der Waals surface area contributed by atoms with Crippen LogP contribution in [0, 0.1) is 5.41 Å². The summed E-state index contributed by atoms with van der Waals surface area (Å²) in [5, 5.41) is 27.6. The molecule has 13 heteroatoms. The van der Waals surface area contributed by atoms with Crippen molar-refractivity contribution in [3.63, 3.8) is 0 Å². The highest BCUT2D eigenvalue weighted by Crippen LogP contribution is 2.33. The zero-order valence-electron chi connectivity index (χ0n) is 18.0. The maximum Gasteiger partial charge on any atom is 0.361 e.